The predicted octanol–water partition coefficient (Wildman–Crippen LogP) is 5.20. The molecule has 174 valence electrons. The lowest BCUT2D eigenvalue weighted by atomic mass is 10.0. The Morgan fingerprint density at radius 2 is 1.70 bits per heavy atom. The molecule has 0 atom stereocenters. The molecule has 0 amide bonds. The summed E-state index contributed by atoms with van der Waals surface area (Å²) in [6, 6.07) is 14.0. The second-order valence-electron chi connectivity index (χ2n) is 7.37. The van der Waals surface area contributed by atoms with Gasteiger partial charge in [-0.05, 0) is 73.4 Å². The minimum atomic E-state index is -3.82. The average molecular weight is 492 g/mol. The fourth-order valence-corrected chi connectivity index (χ4v) is 4.43. The minimum absolute atomic E-state index is 0.00714. The van der Waals surface area contributed by atoms with Crippen molar-refractivity contribution in [3.63, 3.8) is 0 Å². The standard InChI is InChI=1S/C24H23ClFNO5S/c1-15-12-20(14-21(16(15)2)24(28)31-3)33(29,30)27-11-10-17-4-6-18(7-5-17)32-19-8-9-23(26)22(25)13-19/h4-9,12-14,27H,10-11H2,1-3H3. The van der Waals surface area contributed by atoms with Crippen molar-refractivity contribution in [1.82, 2.24) is 4.72 Å². The van der Waals surface area contributed by atoms with E-state index in [9.17, 15) is 17.6 Å². The van der Waals surface area contributed by atoms with E-state index in [2.05, 4.69) is 4.72 Å². The number of benzene rings is 3. The fourth-order valence-electron chi connectivity index (χ4n) is 3.12. The Morgan fingerprint density at radius 3 is 2.33 bits per heavy atom. The van der Waals surface area contributed by atoms with Crippen LogP contribution < -0.4 is 9.46 Å². The van der Waals surface area contributed by atoms with Crippen molar-refractivity contribution >= 4 is 27.6 Å². The third-order valence-electron chi connectivity index (χ3n) is 5.11. The Kier molecular flexibility index (Phi) is 7.73. The first-order valence-electron chi connectivity index (χ1n) is 10.0. The summed E-state index contributed by atoms with van der Waals surface area (Å²) >= 11 is 5.76. The zero-order valence-electron chi connectivity index (χ0n) is 18.3. The molecule has 9 heteroatoms. The summed E-state index contributed by atoms with van der Waals surface area (Å²) < 4.78 is 51.7. The van der Waals surface area contributed by atoms with Gasteiger partial charge in [0, 0.05) is 12.6 Å². The van der Waals surface area contributed by atoms with Crippen molar-refractivity contribution in [1.29, 1.82) is 0 Å². The van der Waals surface area contributed by atoms with Gasteiger partial charge in [0.05, 0.1) is 22.6 Å². The van der Waals surface area contributed by atoms with Gasteiger partial charge in [-0.1, -0.05) is 23.7 Å². The van der Waals surface area contributed by atoms with E-state index < -0.39 is 21.8 Å². The van der Waals surface area contributed by atoms with Gasteiger partial charge in [-0.25, -0.2) is 22.3 Å². The number of nitrogens with one attached hydrogen (secondary N) is 1. The van der Waals surface area contributed by atoms with E-state index in [-0.39, 0.29) is 22.0 Å². The molecule has 0 unspecified atom stereocenters. The molecule has 0 fully saturated rings. The number of sulfonamides is 1. The summed E-state index contributed by atoms with van der Waals surface area (Å²) in [5.74, 6) is -0.170. The van der Waals surface area contributed by atoms with Gasteiger partial charge >= 0.3 is 5.97 Å². The first-order chi connectivity index (χ1) is 15.6. The molecule has 0 saturated carbocycles. The molecule has 0 aliphatic rings. The van der Waals surface area contributed by atoms with Crippen LogP contribution in [-0.2, 0) is 21.2 Å². The molecule has 0 radical (unpaired) electrons. The molecule has 0 saturated heterocycles. The quantitative estimate of drug-likeness (QED) is 0.438. The van der Waals surface area contributed by atoms with Crippen LogP contribution in [0.2, 0.25) is 5.02 Å². The molecule has 6 nitrogen and oxygen atoms in total. The molecule has 3 aromatic carbocycles. The topological polar surface area (TPSA) is 81.7 Å². The number of carbonyl (C=O) groups is 1. The van der Waals surface area contributed by atoms with Crippen molar-refractivity contribution in [2.24, 2.45) is 0 Å². The number of hydrogen-bond donors (Lipinski definition) is 1. The molecule has 0 aliphatic carbocycles. The third kappa shape index (κ3) is 6.10. The molecule has 1 N–H and O–H groups in total. The molecular weight excluding hydrogens is 469 g/mol. The van der Waals surface area contributed by atoms with Gasteiger partial charge in [0.25, 0.3) is 0 Å². The highest BCUT2D eigenvalue weighted by Crippen LogP contribution is 2.26. The van der Waals surface area contributed by atoms with E-state index in [1.807, 2.05) is 0 Å². The molecule has 0 aliphatic heterocycles. The van der Waals surface area contributed by atoms with Crippen LogP contribution in [0.15, 0.2) is 59.5 Å². The number of halogens is 2. The zero-order valence-corrected chi connectivity index (χ0v) is 19.9. The maximum atomic E-state index is 13.3. The van der Waals surface area contributed by atoms with Gasteiger partial charge in [-0.15, -0.1) is 0 Å². The molecule has 0 spiro atoms. The Labute approximate surface area is 197 Å². The van der Waals surface area contributed by atoms with E-state index in [1.165, 1.54) is 37.4 Å². The number of methoxy groups -OCH3 is 1. The number of hydrogen-bond acceptors (Lipinski definition) is 5. The molecule has 3 rings (SSSR count). The lowest BCUT2D eigenvalue weighted by Gasteiger charge is -2.12. The Morgan fingerprint density at radius 1 is 1.03 bits per heavy atom. The maximum absolute atomic E-state index is 13.3. The molecule has 3 aromatic rings. The van der Waals surface area contributed by atoms with Crippen LogP contribution in [0.4, 0.5) is 4.39 Å². The molecule has 0 heterocycles. The second kappa shape index (κ2) is 10.3. The van der Waals surface area contributed by atoms with Crippen molar-refractivity contribution in [3.8, 4) is 11.5 Å². The largest absolute Gasteiger partial charge is 0.465 e. The number of rotatable bonds is 8. The highest BCUT2D eigenvalue weighted by Gasteiger charge is 2.20. The van der Waals surface area contributed by atoms with E-state index in [1.54, 1.807) is 38.1 Å². The van der Waals surface area contributed by atoms with Crippen LogP contribution >= 0.6 is 11.6 Å². The molecular formula is C24H23ClFNO5S. The maximum Gasteiger partial charge on any atom is 0.338 e. The van der Waals surface area contributed by atoms with Crippen LogP contribution in [0.3, 0.4) is 0 Å². The molecule has 0 aromatic heterocycles. The summed E-state index contributed by atoms with van der Waals surface area (Å²) in [5, 5.41) is -0.0288. The summed E-state index contributed by atoms with van der Waals surface area (Å²) in [6.07, 6.45) is 0.441. The zero-order chi connectivity index (χ0) is 24.2. The smallest absolute Gasteiger partial charge is 0.338 e. The first-order valence-corrected chi connectivity index (χ1v) is 11.9. The predicted molar refractivity (Wildman–Crippen MR) is 124 cm³/mol. The van der Waals surface area contributed by atoms with Crippen LogP contribution in [0.25, 0.3) is 0 Å². The van der Waals surface area contributed by atoms with Gasteiger partial charge in [0.1, 0.15) is 17.3 Å². The number of ether oxygens (including phenoxy) is 2. The van der Waals surface area contributed by atoms with Gasteiger partial charge in [0.15, 0.2) is 0 Å². The van der Waals surface area contributed by atoms with Crippen LogP contribution in [-0.4, -0.2) is 28.0 Å². The third-order valence-corrected chi connectivity index (χ3v) is 6.84. The van der Waals surface area contributed by atoms with E-state index >= 15 is 0 Å². The Hall–Kier alpha value is -2.94. The van der Waals surface area contributed by atoms with Crippen LogP contribution in [0.1, 0.15) is 27.0 Å². The summed E-state index contributed by atoms with van der Waals surface area (Å²) in [4.78, 5) is 12.0. The normalized spacial score (nSPS) is 11.3. The van der Waals surface area contributed by atoms with Crippen molar-refractivity contribution in [3.05, 3.63) is 87.7 Å². The van der Waals surface area contributed by atoms with Crippen molar-refractivity contribution in [2.75, 3.05) is 13.7 Å². The van der Waals surface area contributed by atoms with Crippen LogP contribution in [0.5, 0.6) is 11.5 Å². The van der Waals surface area contributed by atoms with E-state index in [0.717, 1.165) is 5.56 Å². The van der Waals surface area contributed by atoms with Gasteiger partial charge in [-0.3, -0.25) is 0 Å². The van der Waals surface area contributed by atoms with Crippen molar-refractivity contribution in [2.45, 2.75) is 25.2 Å². The summed E-state index contributed by atoms with van der Waals surface area (Å²) in [6.45, 7) is 3.64. The number of aryl methyl sites for hydroxylation is 1. The Balaban J connectivity index is 1.63. The lowest BCUT2D eigenvalue weighted by molar-refractivity contribution is 0.0599. The minimum Gasteiger partial charge on any atom is -0.465 e. The van der Waals surface area contributed by atoms with E-state index in [0.29, 0.717) is 29.0 Å². The Bertz CT molecular complexity index is 1280. The van der Waals surface area contributed by atoms with Crippen molar-refractivity contribution < 1.29 is 27.1 Å². The highest BCUT2D eigenvalue weighted by molar-refractivity contribution is 7.89. The second-order valence-corrected chi connectivity index (χ2v) is 9.55. The van der Waals surface area contributed by atoms with Crippen LogP contribution in [0, 0.1) is 19.7 Å². The fraction of sp³-hybridized carbons (Fsp3) is 0.208. The van der Waals surface area contributed by atoms with Gasteiger partial charge in [-0.2, -0.15) is 0 Å². The first kappa shape index (κ1) is 24.7. The summed E-state index contributed by atoms with van der Waals surface area (Å²) in [7, 11) is -2.56. The average Bonchev–Trinajstić information content (AvgIpc) is 2.78. The number of carbonyl (C=O) groups excluding carboxylic acids is 1. The van der Waals surface area contributed by atoms with E-state index in [4.69, 9.17) is 21.1 Å². The lowest BCUT2D eigenvalue weighted by Crippen LogP contribution is -2.26. The SMILES string of the molecule is COC(=O)c1cc(S(=O)(=O)NCCc2ccc(Oc3ccc(F)c(Cl)c3)cc2)cc(C)c1C. The molecule has 33 heavy (non-hydrogen) atoms. The highest BCUT2D eigenvalue weighted by atomic mass is 35.5. The van der Waals surface area contributed by atoms with Gasteiger partial charge in [0.2, 0.25) is 10.0 Å². The molecule has 0 bridgehead atoms. The monoisotopic (exact) mass is 491 g/mol. The van der Waals surface area contributed by atoms with Gasteiger partial charge < -0.3 is 9.47 Å². The number of esters is 1. The summed E-state index contributed by atoms with van der Waals surface area (Å²) in [5.41, 5.74) is 2.45.